The summed E-state index contributed by atoms with van der Waals surface area (Å²) in [5.41, 5.74) is 1.19. The van der Waals surface area contributed by atoms with Crippen molar-refractivity contribution >= 4 is 11.6 Å². The third-order valence-corrected chi connectivity index (χ3v) is 3.50. The Labute approximate surface area is 127 Å². The zero-order valence-corrected chi connectivity index (χ0v) is 13.5. The standard InChI is InChI=1S/C16H26ClNO2/c1-13(2)18-12-14(8-9-20-11-10-19-3)15-6-4-5-7-16(15)17/h4-7,13-14,18H,8-12H2,1-3H3. The Bertz CT molecular complexity index is 371. The Kier molecular flexibility index (Phi) is 8.86. The van der Waals surface area contributed by atoms with E-state index in [1.165, 1.54) is 5.56 Å². The van der Waals surface area contributed by atoms with Crippen molar-refractivity contribution in [2.45, 2.75) is 32.2 Å². The third kappa shape index (κ3) is 6.71. The van der Waals surface area contributed by atoms with Crippen molar-refractivity contribution in [3.8, 4) is 0 Å². The first-order valence-corrected chi connectivity index (χ1v) is 7.57. The molecule has 0 aliphatic rings. The van der Waals surface area contributed by atoms with Crippen LogP contribution in [0, 0.1) is 0 Å². The van der Waals surface area contributed by atoms with Gasteiger partial charge in [-0.3, -0.25) is 0 Å². The molecule has 0 aliphatic heterocycles. The van der Waals surface area contributed by atoms with E-state index in [-0.39, 0.29) is 0 Å². The van der Waals surface area contributed by atoms with Gasteiger partial charge in [-0.2, -0.15) is 0 Å². The largest absolute Gasteiger partial charge is 0.382 e. The van der Waals surface area contributed by atoms with Crippen molar-refractivity contribution in [2.24, 2.45) is 0 Å². The summed E-state index contributed by atoms with van der Waals surface area (Å²) in [4.78, 5) is 0. The highest BCUT2D eigenvalue weighted by Crippen LogP contribution is 2.26. The maximum absolute atomic E-state index is 6.31. The van der Waals surface area contributed by atoms with Crippen LogP contribution in [-0.4, -0.2) is 39.5 Å². The molecule has 0 fully saturated rings. The zero-order chi connectivity index (χ0) is 14.8. The van der Waals surface area contributed by atoms with Crippen LogP contribution in [-0.2, 0) is 9.47 Å². The number of rotatable bonds is 10. The topological polar surface area (TPSA) is 30.5 Å². The number of halogens is 1. The van der Waals surface area contributed by atoms with Gasteiger partial charge in [-0.05, 0) is 18.1 Å². The van der Waals surface area contributed by atoms with Crippen molar-refractivity contribution in [1.29, 1.82) is 0 Å². The number of benzene rings is 1. The lowest BCUT2D eigenvalue weighted by atomic mass is 9.95. The van der Waals surface area contributed by atoms with Crippen LogP contribution in [0.5, 0.6) is 0 Å². The van der Waals surface area contributed by atoms with Gasteiger partial charge < -0.3 is 14.8 Å². The monoisotopic (exact) mass is 299 g/mol. The molecular formula is C16H26ClNO2. The molecule has 0 aliphatic carbocycles. The van der Waals surface area contributed by atoms with Crippen LogP contribution in [0.25, 0.3) is 0 Å². The van der Waals surface area contributed by atoms with E-state index in [4.69, 9.17) is 21.1 Å². The van der Waals surface area contributed by atoms with E-state index in [9.17, 15) is 0 Å². The normalized spacial score (nSPS) is 12.8. The smallest absolute Gasteiger partial charge is 0.0700 e. The van der Waals surface area contributed by atoms with Gasteiger partial charge >= 0.3 is 0 Å². The van der Waals surface area contributed by atoms with Gasteiger partial charge in [0.2, 0.25) is 0 Å². The SMILES string of the molecule is COCCOCCC(CNC(C)C)c1ccccc1Cl. The molecule has 0 radical (unpaired) electrons. The molecule has 0 bridgehead atoms. The Morgan fingerprint density at radius 1 is 1.15 bits per heavy atom. The van der Waals surface area contributed by atoms with Crippen LogP contribution in [0.4, 0.5) is 0 Å². The molecule has 3 nitrogen and oxygen atoms in total. The number of methoxy groups -OCH3 is 1. The summed E-state index contributed by atoms with van der Waals surface area (Å²) in [5.74, 6) is 0.369. The lowest BCUT2D eigenvalue weighted by Gasteiger charge is -2.21. The van der Waals surface area contributed by atoms with Crippen LogP contribution in [0.1, 0.15) is 31.7 Å². The van der Waals surface area contributed by atoms with E-state index < -0.39 is 0 Å². The fourth-order valence-electron chi connectivity index (χ4n) is 2.02. The van der Waals surface area contributed by atoms with E-state index in [1.807, 2.05) is 18.2 Å². The number of hydrogen-bond acceptors (Lipinski definition) is 3. The second kappa shape index (κ2) is 10.2. The van der Waals surface area contributed by atoms with Crippen molar-refractivity contribution in [3.05, 3.63) is 34.9 Å². The summed E-state index contributed by atoms with van der Waals surface area (Å²) < 4.78 is 10.5. The predicted octanol–water partition coefficient (Wildman–Crippen LogP) is 3.47. The molecule has 0 saturated carbocycles. The van der Waals surface area contributed by atoms with E-state index in [0.717, 1.165) is 24.6 Å². The van der Waals surface area contributed by atoms with E-state index in [2.05, 4.69) is 25.2 Å². The van der Waals surface area contributed by atoms with Crippen molar-refractivity contribution in [1.82, 2.24) is 5.32 Å². The van der Waals surface area contributed by atoms with Gasteiger partial charge in [0.05, 0.1) is 13.2 Å². The zero-order valence-electron chi connectivity index (χ0n) is 12.7. The lowest BCUT2D eigenvalue weighted by molar-refractivity contribution is 0.0669. The maximum Gasteiger partial charge on any atom is 0.0700 e. The first-order valence-electron chi connectivity index (χ1n) is 7.19. The van der Waals surface area contributed by atoms with Gasteiger partial charge in [0.15, 0.2) is 0 Å². The molecule has 0 aromatic heterocycles. The van der Waals surface area contributed by atoms with Gasteiger partial charge in [-0.1, -0.05) is 43.6 Å². The molecular weight excluding hydrogens is 274 g/mol. The molecule has 20 heavy (non-hydrogen) atoms. The second-order valence-corrected chi connectivity index (χ2v) is 5.58. The molecule has 0 heterocycles. The molecule has 0 spiro atoms. The maximum atomic E-state index is 6.31. The highest BCUT2D eigenvalue weighted by atomic mass is 35.5. The van der Waals surface area contributed by atoms with Crippen LogP contribution in [0.2, 0.25) is 5.02 Å². The number of hydrogen-bond donors (Lipinski definition) is 1. The lowest BCUT2D eigenvalue weighted by Crippen LogP contribution is -2.28. The van der Waals surface area contributed by atoms with Gasteiger partial charge in [0.25, 0.3) is 0 Å². The quantitative estimate of drug-likeness (QED) is 0.671. The Morgan fingerprint density at radius 2 is 1.90 bits per heavy atom. The summed E-state index contributed by atoms with van der Waals surface area (Å²) in [6.07, 6.45) is 0.952. The predicted molar refractivity (Wildman–Crippen MR) is 84.6 cm³/mol. The summed E-state index contributed by atoms with van der Waals surface area (Å²) in [5, 5.41) is 4.32. The Hall–Kier alpha value is -0.610. The molecule has 0 amide bonds. The van der Waals surface area contributed by atoms with Crippen LogP contribution in [0.3, 0.4) is 0 Å². The van der Waals surface area contributed by atoms with Gasteiger partial charge in [0.1, 0.15) is 0 Å². The van der Waals surface area contributed by atoms with Crippen LogP contribution in [0.15, 0.2) is 24.3 Å². The Morgan fingerprint density at radius 3 is 2.55 bits per heavy atom. The summed E-state index contributed by atoms with van der Waals surface area (Å²) in [6.45, 7) is 7.22. The molecule has 114 valence electrons. The van der Waals surface area contributed by atoms with E-state index in [0.29, 0.717) is 25.2 Å². The van der Waals surface area contributed by atoms with Gasteiger partial charge in [-0.15, -0.1) is 0 Å². The number of nitrogens with one attached hydrogen (secondary N) is 1. The third-order valence-electron chi connectivity index (χ3n) is 3.16. The summed E-state index contributed by atoms with van der Waals surface area (Å²) in [7, 11) is 1.68. The number of ether oxygens (including phenoxy) is 2. The summed E-state index contributed by atoms with van der Waals surface area (Å²) >= 11 is 6.31. The van der Waals surface area contributed by atoms with E-state index >= 15 is 0 Å². The molecule has 1 unspecified atom stereocenters. The molecule has 0 saturated heterocycles. The average Bonchev–Trinajstić information content (AvgIpc) is 2.43. The summed E-state index contributed by atoms with van der Waals surface area (Å²) in [6, 6.07) is 8.52. The van der Waals surface area contributed by atoms with Crippen LogP contribution < -0.4 is 5.32 Å². The Balaban J connectivity index is 2.54. The first-order chi connectivity index (χ1) is 9.65. The molecule has 1 aromatic rings. The minimum Gasteiger partial charge on any atom is -0.382 e. The van der Waals surface area contributed by atoms with Crippen LogP contribution >= 0.6 is 11.6 Å². The minimum absolute atomic E-state index is 0.369. The molecule has 1 atom stereocenters. The average molecular weight is 300 g/mol. The fourth-order valence-corrected chi connectivity index (χ4v) is 2.31. The molecule has 1 aromatic carbocycles. The minimum atomic E-state index is 0.369. The van der Waals surface area contributed by atoms with Gasteiger partial charge in [-0.25, -0.2) is 0 Å². The molecule has 1 N–H and O–H groups in total. The second-order valence-electron chi connectivity index (χ2n) is 5.18. The molecule has 4 heteroatoms. The highest BCUT2D eigenvalue weighted by molar-refractivity contribution is 6.31. The van der Waals surface area contributed by atoms with Gasteiger partial charge in [0, 0.05) is 37.2 Å². The van der Waals surface area contributed by atoms with E-state index in [1.54, 1.807) is 7.11 Å². The molecule has 1 rings (SSSR count). The van der Waals surface area contributed by atoms with Crippen molar-refractivity contribution < 1.29 is 9.47 Å². The van der Waals surface area contributed by atoms with Crippen molar-refractivity contribution in [3.63, 3.8) is 0 Å². The first kappa shape index (κ1) is 17.4. The highest BCUT2D eigenvalue weighted by Gasteiger charge is 2.14. The van der Waals surface area contributed by atoms with Crippen molar-refractivity contribution in [2.75, 3.05) is 33.5 Å². The fraction of sp³-hybridized carbons (Fsp3) is 0.625.